The number of hydrogen-bond donors (Lipinski definition) is 0. The van der Waals surface area contributed by atoms with Gasteiger partial charge in [0.25, 0.3) is 14.1 Å². The van der Waals surface area contributed by atoms with Crippen molar-refractivity contribution in [2.75, 3.05) is 0 Å². The van der Waals surface area contributed by atoms with Crippen LogP contribution in [0.1, 0.15) is 39.0 Å². The van der Waals surface area contributed by atoms with Gasteiger partial charge in [0.2, 0.25) is 0 Å². The molecule has 1 aliphatic rings. The third kappa shape index (κ3) is 3.34. The normalized spacial score (nSPS) is 21.1. The highest BCUT2D eigenvalue weighted by molar-refractivity contribution is 6.61. The van der Waals surface area contributed by atoms with Gasteiger partial charge in [0.15, 0.2) is 0 Å². The van der Waals surface area contributed by atoms with E-state index in [1.165, 1.54) is 32.1 Å². The third-order valence-corrected chi connectivity index (χ3v) is 4.04. The Balaban J connectivity index is 2.44. The van der Waals surface area contributed by atoms with Gasteiger partial charge in [0, 0.05) is 0 Å². The van der Waals surface area contributed by atoms with Crippen LogP contribution in [0.3, 0.4) is 0 Å². The SMILES string of the molecule is C/C(=[CH]\[Al]([CH3])[CH3])C1CCCCC1. The first-order chi connectivity index (χ1) is 5.70. The fourth-order valence-corrected chi connectivity index (χ4v) is 3.54. The van der Waals surface area contributed by atoms with Gasteiger partial charge in [-0.1, -0.05) is 24.8 Å². The number of allylic oxidation sites excluding steroid dienone is 1. The van der Waals surface area contributed by atoms with E-state index >= 15 is 0 Å². The molecule has 0 heterocycles. The lowest BCUT2D eigenvalue weighted by molar-refractivity contribution is 0.403. The molecule has 0 aromatic heterocycles. The minimum atomic E-state index is -0.461. The first kappa shape index (κ1) is 10.4. The molecule has 0 radical (unpaired) electrons. The Morgan fingerprint density at radius 2 is 1.75 bits per heavy atom. The maximum absolute atomic E-state index is 2.58. The van der Waals surface area contributed by atoms with Gasteiger partial charge in [0.05, 0.1) is 0 Å². The van der Waals surface area contributed by atoms with Crippen LogP contribution in [0.15, 0.2) is 10.5 Å². The van der Waals surface area contributed by atoms with Crippen molar-refractivity contribution in [2.24, 2.45) is 5.92 Å². The summed E-state index contributed by atoms with van der Waals surface area (Å²) >= 11 is -0.461. The minimum absolute atomic E-state index is 0.461. The molecule has 0 atom stereocenters. The Hall–Kier alpha value is 0.272. The van der Waals surface area contributed by atoms with E-state index < -0.39 is 14.1 Å². The zero-order valence-corrected chi connectivity index (χ0v) is 9.92. The predicted octanol–water partition coefficient (Wildman–Crippen LogP) is 3.81. The fourth-order valence-electron chi connectivity index (χ4n) is 2.22. The molecule has 0 aliphatic heterocycles. The summed E-state index contributed by atoms with van der Waals surface area (Å²) in [6.07, 6.45) is 7.33. The molecular weight excluding hydrogens is 159 g/mol. The fraction of sp³-hybridized carbons (Fsp3) is 0.818. The van der Waals surface area contributed by atoms with Crippen LogP contribution in [0.25, 0.3) is 0 Å². The van der Waals surface area contributed by atoms with E-state index in [9.17, 15) is 0 Å². The maximum atomic E-state index is 2.58. The molecule has 0 aromatic rings. The van der Waals surface area contributed by atoms with E-state index in [0.29, 0.717) is 0 Å². The summed E-state index contributed by atoms with van der Waals surface area (Å²) in [5.74, 6) is 5.77. The van der Waals surface area contributed by atoms with Crippen LogP contribution < -0.4 is 0 Å². The zero-order valence-electron chi connectivity index (χ0n) is 8.77. The molecule has 12 heavy (non-hydrogen) atoms. The summed E-state index contributed by atoms with van der Waals surface area (Å²) in [5.41, 5.74) is 1.70. The highest BCUT2D eigenvalue weighted by Gasteiger charge is 2.14. The Morgan fingerprint density at radius 3 is 2.25 bits per heavy atom. The van der Waals surface area contributed by atoms with Crippen LogP contribution >= 0.6 is 0 Å². The quantitative estimate of drug-likeness (QED) is 0.567. The monoisotopic (exact) mass is 180 g/mol. The predicted molar refractivity (Wildman–Crippen MR) is 57.8 cm³/mol. The van der Waals surface area contributed by atoms with Gasteiger partial charge in [0.1, 0.15) is 0 Å². The summed E-state index contributed by atoms with van der Waals surface area (Å²) in [4.78, 5) is 2.58. The third-order valence-electron chi connectivity index (χ3n) is 2.85. The summed E-state index contributed by atoms with van der Waals surface area (Å²) in [7, 11) is 0. The Morgan fingerprint density at radius 1 is 1.17 bits per heavy atom. The van der Waals surface area contributed by atoms with Crippen molar-refractivity contribution in [1.82, 2.24) is 0 Å². The van der Waals surface area contributed by atoms with Gasteiger partial charge >= 0.3 is 0 Å². The standard InChI is InChI=1S/C9H15.2CH3.Al/c1-8(2)9-6-4-3-5-7-9;;;/h1,9H,3-7H2,2H3;2*1H3;. The summed E-state index contributed by atoms with van der Waals surface area (Å²) in [5, 5.41) is 0. The molecule has 0 bridgehead atoms. The zero-order chi connectivity index (χ0) is 8.97. The lowest BCUT2D eigenvalue weighted by atomic mass is 9.85. The van der Waals surface area contributed by atoms with Gasteiger partial charge in [-0.05, 0) is 25.7 Å². The molecule has 1 rings (SSSR count). The van der Waals surface area contributed by atoms with Gasteiger partial charge in [-0.25, -0.2) is 0 Å². The van der Waals surface area contributed by atoms with Crippen LogP contribution in [0, 0.1) is 5.92 Å². The van der Waals surface area contributed by atoms with Crippen molar-refractivity contribution in [2.45, 2.75) is 50.6 Å². The summed E-state index contributed by atoms with van der Waals surface area (Å²) in [6, 6.07) is 0. The second-order valence-electron chi connectivity index (χ2n) is 4.49. The van der Waals surface area contributed by atoms with Crippen molar-refractivity contribution in [3.63, 3.8) is 0 Å². The topological polar surface area (TPSA) is 0 Å². The maximum Gasteiger partial charge on any atom is 0.288 e. The lowest BCUT2D eigenvalue weighted by Gasteiger charge is -2.22. The second kappa shape index (κ2) is 5.10. The average molecular weight is 180 g/mol. The molecule has 1 saturated carbocycles. The van der Waals surface area contributed by atoms with Gasteiger partial charge in [-0.15, -0.1) is 16.5 Å². The van der Waals surface area contributed by atoms with E-state index in [1.54, 1.807) is 5.57 Å². The number of rotatable bonds is 2. The molecule has 0 nitrogen and oxygen atoms in total. The van der Waals surface area contributed by atoms with Crippen LogP contribution in [0.2, 0.25) is 11.6 Å². The van der Waals surface area contributed by atoms with Crippen molar-refractivity contribution < 1.29 is 0 Å². The van der Waals surface area contributed by atoms with Crippen LogP contribution in [0.5, 0.6) is 0 Å². The van der Waals surface area contributed by atoms with Gasteiger partial charge in [-0.3, -0.25) is 0 Å². The van der Waals surface area contributed by atoms with Crippen molar-refractivity contribution in [3.8, 4) is 0 Å². The van der Waals surface area contributed by atoms with E-state index in [-0.39, 0.29) is 0 Å². The van der Waals surface area contributed by atoms with Crippen molar-refractivity contribution >= 4 is 14.1 Å². The molecule has 0 amide bonds. The van der Waals surface area contributed by atoms with Crippen LogP contribution in [-0.2, 0) is 0 Å². The van der Waals surface area contributed by atoms with E-state index in [0.717, 1.165) is 5.92 Å². The Bertz CT molecular complexity index is 152. The van der Waals surface area contributed by atoms with Crippen molar-refractivity contribution in [1.29, 1.82) is 0 Å². The van der Waals surface area contributed by atoms with Gasteiger partial charge in [-0.2, -0.15) is 0 Å². The van der Waals surface area contributed by atoms with E-state index in [4.69, 9.17) is 0 Å². The summed E-state index contributed by atoms with van der Waals surface area (Å²) in [6.45, 7) is 2.35. The van der Waals surface area contributed by atoms with E-state index in [1.807, 2.05) is 0 Å². The molecule has 0 aromatic carbocycles. The molecule has 1 heteroatoms. The van der Waals surface area contributed by atoms with Crippen molar-refractivity contribution in [3.05, 3.63) is 10.5 Å². The largest absolute Gasteiger partial charge is 0.288 e. The molecule has 68 valence electrons. The molecule has 0 spiro atoms. The highest BCUT2D eigenvalue weighted by Crippen LogP contribution is 2.29. The van der Waals surface area contributed by atoms with E-state index in [2.05, 4.69) is 23.4 Å². The Labute approximate surface area is 81.4 Å². The molecule has 0 saturated heterocycles. The summed E-state index contributed by atoms with van der Waals surface area (Å²) < 4.78 is 0. The molecule has 0 unspecified atom stereocenters. The molecular formula is C11H21Al. The average Bonchev–Trinajstić information content (AvgIpc) is 2.05. The van der Waals surface area contributed by atoms with Crippen LogP contribution in [-0.4, -0.2) is 14.1 Å². The van der Waals surface area contributed by atoms with Crippen LogP contribution in [0.4, 0.5) is 0 Å². The Kier molecular flexibility index (Phi) is 4.40. The molecule has 0 N–H and O–H groups in total. The molecule has 1 fully saturated rings. The lowest BCUT2D eigenvalue weighted by Crippen LogP contribution is -2.09. The first-order valence-electron chi connectivity index (χ1n) is 5.38. The highest BCUT2D eigenvalue weighted by atomic mass is 27.2. The molecule has 1 aliphatic carbocycles. The van der Waals surface area contributed by atoms with Gasteiger partial charge < -0.3 is 0 Å². The minimum Gasteiger partial charge on any atom is -0.146 e. The number of hydrogen-bond acceptors (Lipinski definition) is 0. The second-order valence-corrected chi connectivity index (χ2v) is 7.31. The first-order valence-corrected chi connectivity index (χ1v) is 8.36. The smallest absolute Gasteiger partial charge is 0.146 e.